The number of thiazole rings is 1. The van der Waals surface area contributed by atoms with Crippen LogP contribution in [0.1, 0.15) is 17.4 Å². The quantitative estimate of drug-likeness (QED) is 0.172. The average molecular weight is 492 g/mol. The van der Waals surface area contributed by atoms with Crippen LogP contribution in [0.3, 0.4) is 0 Å². The van der Waals surface area contributed by atoms with Crippen molar-refractivity contribution in [2.75, 3.05) is 19.0 Å². The maximum atomic E-state index is 12.0. The molecule has 4 rings (SSSR count). The number of carbonyl (C=O) groups excluding carboxylic acids is 2. The van der Waals surface area contributed by atoms with Gasteiger partial charge in [-0.05, 0) is 19.1 Å². The van der Waals surface area contributed by atoms with E-state index in [1.54, 1.807) is 19.2 Å². The van der Waals surface area contributed by atoms with Gasteiger partial charge in [-0.25, -0.2) is 30.6 Å². The van der Waals surface area contributed by atoms with Gasteiger partial charge in [0.25, 0.3) is 5.91 Å². The van der Waals surface area contributed by atoms with Gasteiger partial charge in [0.2, 0.25) is 5.88 Å². The van der Waals surface area contributed by atoms with E-state index in [1.165, 1.54) is 29.9 Å². The van der Waals surface area contributed by atoms with Crippen molar-refractivity contribution in [2.24, 2.45) is 5.84 Å². The highest BCUT2D eigenvalue weighted by Gasteiger charge is 2.18. The first-order chi connectivity index (χ1) is 17.0. The van der Waals surface area contributed by atoms with Crippen molar-refractivity contribution >= 4 is 29.1 Å². The molecule has 5 N–H and O–H groups in total. The molecule has 0 bridgehead atoms. The zero-order valence-electron chi connectivity index (χ0n) is 18.8. The van der Waals surface area contributed by atoms with E-state index in [0.29, 0.717) is 51.5 Å². The third kappa shape index (κ3) is 5.37. The van der Waals surface area contributed by atoms with Crippen LogP contribution < -0.4 is 26.6 Å². The number of rotatable bonds is 7. The van der Waals surface area contributed by atoms with E-state index < -0.39 is 5.91 Å². The summed E-state index contributed by atoms with van der Waals surface area (Å²) in [4.78, 5) is 46.0. The summed E-state index contributed by atoms with van der Waals surface area (Å²) < 4.78 is 5.21. The molecular formula is C22H21N9O3S. The number of hydrogen-bond acceptors (Lipinski definition) is 10. The van der Waals surface area contributed by atoms with E-state index in [9.17, 15) is 9.59 Å². The number of methoxy groups -OCH3 is 1. The van der Waals surface area contributed by atoms with Crippen molar-refractivity contribution in [2.45, 2.75) is 6.92 Å². The Hall–Kier alpha value is -4.49. The number of pyridine rings is 2. The Labute approximate surface area is 204 Å². The van der Waals surface area contributed by atoms with E-state index in [1.807, 2.05) is 29.9 Å². The number of nitrogens with zero attached hydrogens (tertiary/aromatic N) is 5. The van der Waals surface area contributed by atoms with Crippen LogP contribution in [-0.4, -0.2) is 50.5 Å². The van der Waals surface area contributed by atoms with Gasteiger partial charge in [0.15, 0.2) is 0 Å². The van der Waals surface area contributed by atoms with Gasteiger partial charge in [0.1, 0.15) is 22.2 Å². The van der Waals surface area contributed by atoms with Gasteiger partial charge >= 0.3 is 6.03 Å². The summed E-state index contributed by atoms with van der Waals surface area (Å²) in [6.45, 7) is 2.28. The molecule has 35 heavy (non-hydrogen) atoms. The number of nitrogens with two attached hydrogens (primary N) is 1. The highest BCUT2D eigenvalue weighted by molar-refractivity contribution is 7.13. The highest BCUT2D eigenvalue weighted by Crippen LogP contribution is 2.36. The van der Waals surface area contributed by atoms with Crippen molar-refractivity contribution in [3.63, 3.8) is 0 Å². The molecule has 0 atom stereocenters. The first kappa shape index (κ1) is 23.7. The predicted molar refractivity (Wildman–Crippen MR) is 131 cm³/mol. The van der Waals surface area contributed by atoms with Gasteiger partial charge in [-0.1, -0.05) is 6.07 Å². The minimum absolute atomic E-state index is 0.0425. The summed E-state index contributed by atoms with van der Waals surface area (Å²) in [5, 5.41) is 7.84. The van der Waals surface area contributed by atoms with Crippen molar-refractivity contribution in [1.82, 2.24) is 35.7 Å². The van der Waals surface area contributed by atoms with Crippen molar-refractivity contribution in [3.05, 3.63) is 53.9 Å². The molecule has 12 nitrogen and oxygen atoms in total. The van der Waals surface area contributed by atoms with Crippen molar-refractivity contribution in [1.29, 1.82) is 0 Å². The molecule has 0 radical (unpaired) electrons. The second kappa shape index (κ2) is 10.6. The number of anilines is 1. The van der Waals surface area contributed by atoms with E-state index in [4.69, 9.17) is 15.6 Å². The summed E-state index contributed by atoms with van der Waals surface area (Å²) in [7, 11) is 1.55. The Kier molecular flexibility index (Phi) is 7.18. The third-order valence-corrected chi connectivity index (χ3v) is 5.56. The first-order valence-electron chi connectivity index (χ1n) is 10.4. The molecular weight excluding hydrogens is 470 g/mol. The standard InChI is InChI=1S/C22H21N9O3S/c1-3-25-22(33)30-18-7-12(13(8-26-18)15-9-24-10-16(27-15)20(32)31-23)21-29-17(11-35-21)14-5-4-6-19(28-14)34-2/h4-11H,3,23H2,1-2H3,(H,31,32)(H2,25,26,30,33). The topological polar surface area (TPSA) is 170 Å². The number of hydrazine groups is 1. The van der Waals surface area contributed by atoms with Crippen LogP contribution in [0.4, 0.5) is 10.6 Å². The van der Waals surface area contributed by atoms with Crippen molar-refractivity contribution < 1.29 is 14.3 Å². The molecule has 0 aromatic carbocycles. The second-order valence-electron chi connectivity index (χ2n) is 6.97. The number of amides is 3. The Balaban J connectivity index is 1.80. The summed E-state index contributed by atoms with van der Waals surface area (Å²) >= 11 is 1.38. The molecule has 3 amide bonds. The average Bonchev–Trinajstić information content (AvgIpc) is 3.39. The van der Waals surface area contributed by atoms with Gasteiger partial charge < -0.3 is 10.1 Å². The lowest BCUT2D eigenvalue weighted by molar-refractivity contribution is 0.0948. The highest BCUT2D eigenvalue weighted by atomic mass is 32.1. The smallest absolute Gasteiger partial charge is 0.320 e. The number of urea groups is 1. The fourth-order valence-electron chi connectivity index (χ4n) is 3.09. The molecule has 13 heteroatoms. The summed E-state index contributed by atoms with van der Waals surface area (Å²) in [6, 6.07) is 6.71. The SMILES string of the molecule is CCNC(=O)Nc1cc(-c2nc(-c3cccc(OC)n3)cs2)c(-c2cncc(C(=O)NN)n2)cn1. The minimum atomic E-state index is -0.580. The molecule has 0 spiro atoms. The van der Waals surface area contributed by atoms with Gasteiger partial charge in [-0.15, -0.1) is 11.3 Å². The fraction of sp³-hybridized carbons (Fsp3) is 0.136. The van der Waals surface area contributed by atoms with Crippen LogP contribution in [0.15, 0.2) is 48.2 Å². The van der Waals surface area contributed by atoms with E-state index >= 15 is 0 Å². The van der Waals surface area contributed by atoms with Gasteiger partial charge in [-0.3, -0.25) is 20.5 Å². The molecule has 0 saturated heterocycles. The van der Waals surface area contributed by atoms with Gasteiger partial charge in [0.05, 0.1) is 30.9 Å². The zero-order valence-corrected chi connectivity index (χ0v) is 19.6. The molecule has 4 aromatic rings. The maximum Gasteiger partial charge on any atom is 0.320 e. The lowest BCUT2D eigenvalue weighted by Gasteiger charge is -2.11. The number of nitrogen functional groups attached to an aromatic ring is 1. The lowest BCUT2D eigenvalue weighted by Crippen LogP contribution is -2.30. The van der Waals surface area contributed by atoms with E-state index in [0.717, 1.165) is 0 Å². The molecule has 0 unspecified atom stereocenters. The van der Waals surface area contributed by atoms with Crippen LogP contribution in [0.5, 0.6) is 5.88 Å². The molecule has 0 aliphatic rings. The maximum absolute atomic E-state index is 12.0. The van der Waals surface area contributed by atoms with Crippen LogP contribution in [0, 0.1) is 0 Å². The van der Waals surface area contributed by atoms with Crippen LogP contribution in [-0.2, 0) is 0 Å². The monoisotopic (exact) mass is 491 g/mol. The molecule has 0 fully saturated rings. The Morgan fingerprint density at radius 1 is 1.06 bits per heavy atom. The normalized spacial score (nSPS) is 10.5. The number of carbonyl (C=O) groups is 2. The Morgan fingerprint density at radius 3 is 2.69 bits per heavy atom. The molecule has 178 valence electrons. The first-order valence-corrected chi connectivity index (χ1v) is 11.3. The van der Waals surface area contributed by atoms with Crippen LogP contribution in [0.2, 0.25) is 0 Å². The molecule has 4 heterocycles. The lowest BCUT2D eigenvalue weighted by atomic mass is 10.1. The summed E-state index contributed by atoms with van der Waals surface area (Å²) in [5.74, 6) is 5.44. The van der Waals surface area contributed by atoms with E-state index in [2.05, 4.69) is 30.6 Å². The largest absolute Gasteiger partial charge is 0.481 e. The third-order valence-electron chi connectivity index (χ3n) is 4.69. The fourth-order valence-corrected chi connectivity index (χ4v) is 3.93. The number of aromatic nitrogens is 5. The van der Waals surface area contributed by atoms with E-state index in [-0.39, 0.29) is 11.7 Å². The predicted octanol–water partition coefficient (Wildman–Crippen LogP) is 2.48. The van der Waals surface area contributed by atoms with Crippen LogP contribution >= 0.6 is 11.3 Å². The Bertz CT molecular complexity index is 1380. The molecule has 0 saturated carbocycles. The summed E-state index contributed by atoms with van der Waals surface area (Å²) in [5.41, 5.74) is 4.95. The second-order valence-corrected chi connectivity index (χ2v) is 7.82. The minimum Gasteiger partial charge on any atom is -0.481 e. The zero-order chi connectivity index (χ0) is 24.8. The molecule has 4 aromatic heterocycles. The number of ether oxygens (including phenoxy) is 1. The summed E-state index contributed by atoms with van der Waals surface area (Å²) in [6.07, 6.45) is 4.35. The van der Waals surface area contributed by atoms with Crippen molar-refractivity contribution in [3.8, 4) is 39.1 Å². The number of hydrogen-bond donors (Lipinski definition) is 4. The Morgan fingerprint density at radius 2 is 1.91 bits per heavy atom. The number of nitrogens with one attached hydrogen (secondary N) is 3. The van der Waals surface area contributed by atoms with Gasteiger partial charge in [-0.2, -0.15) is 0 Å². The van der Waals surface area contributed by atoms with Gasteiger partial charge in [0, 0.05) is 35.3 Å². The molecule has 0 aliphatic heterocycles. The molecule has 0 aliphatic carbocycles. The van der Waals surface area contributed by atoms with Crippen LogP contribution in [0.25, 0.3) is 33.2 Å².